The van der Waals surface area contributed by atoms with E-state index in [1.807, 2.05) is 51.1 Å². The number of halogens is 1. The van der Waals surface area contributed by atoms with Crippen molar-refractivity contribution in [3.8, 4) is 22.9 Å². The number of nitrogens with zero attached hydrogens (tertiary/aromatic N) is 2. The normalized spacial score (nSPS) is 12.1. The molecule has 0 saturated heterocycles. The molecule has 4 rings (SSSR count). The van der Waals surface area contributed by atoms with Crippen molar-refractivity contribution in [3.05, 3.63) is 102 Å². The van der Waals surface area contributed by atoms with Crippen molar-refractivity contribution < 1.29 is 29.9 Å². The van der Waals surface area contributed by atoms with Crippen LogP contribution >= 0.6 is 0 Å². The van der Waals surface area contributed by atoms with E-state index in [1.165, 1.54) is 36.4 Å². The summed E-state index contributed by atoms with van der Waals surface area (Å²) < 4.78 is 54.2. The lowest BCUT2D eigenvalue weighted by Gasteiger charge is -2.18. The standard InChI is InChI=1S/C31H32FN3O5S.2H2/c1-20(2)19-39-26-17-24(16-25(32)18-26)28-14-13-27(30(36)35-41(37,38)29-12-8-9-21(3)33-29)31(34-28)40-22(4)15-23-10-6-5-7-11-23;;/h5-14,16-18,20,22H,15,19H2,1-4H3,(H,35,36);2*1H. The van der Waals surface area contributed by atoms with Crippen molar-refractivity contribution in [2.45, 2.75) is 45.2 Å². The number of sulfonamides is 1. The van der Waals surface area contributed by atoms with Gasteiger partial charge in [-0.2, -0.15) is 8.42 Å². The van der Waals surface area contributed by atoms with E-state index in [0.717, 1.165) is 5.56 Å². The van der Waals surface area contributed by atoms with E-state index < -0.39 is 27.9 Å². The zero-order chi connectivity index (χ0) is 29.6. The molecule has 1 N–H and O–H groups in total. The Labute approximate surface area is 242 Å². The fraction of sp³-hybridized carbons (Fsp3) is 0.258. The number of ether oxygens (including phenoxy) is 2. The molecule has 0 aliphatic carbocycles. The second-order valence-electron chi connectivity index (χ2n) is 10.1. The van der Waals surface area contributed by atoms with Crippen LogP contribution in [0.1, 0.15) is 45.2 Å². The van der Waals surface area contributed by atoms with Gasteiger partial charge in [0.15, 0.2) is 5.03 Å². The average molecular weight is 582 g/mol. The summed E-state index contributed by atoms with van der Waals surface area (Å²) in [7, 11) is -4.27. The van der Waals surface area contributed by atoms with Gasteiger partial charge in [-0.05, 0) is 61.7 Å². The van der Waals surface area contributed by atoms with Crippen LogP contribution in [0.5, 0.6) is 11.6 Å². The Morgan fingerprint density at radius 1 is 0.976 bits per heavy atom. The van der Waals surface area contributed by atoms with Crippen molar-refractivity contribution in [2.75, 3.05) is 6.61 Å². The molecular formula is C31H36FN3O5S. The molecule has 0 bridgehead atoms. The summed E-state index contributed by atoms with van der Waals surface area (Å²) in [5.41, 5.74) is 2.12. The van der Waals surface area contributed by atoms with Crippen molar-refractivity contribution in [1.82, 2.24) is 14.7 Å². The average Bonchev–Trinajstić information content (AvgIpc) is 2.92. The zero-order valence-electron chi connectivity index (χ0n) is 23.3. The van der Waals surface area contributed by atoms with Gasteiger partial charge in [0.05, 0.1) is 12.3 Å². The number of nitrogens with one attached hydrogen (secondary N) is 1. The first-order valence-corrected chi connectivity index (χ1v) is 14.6. The topological polar surface area (TPSA) is 107 Å². The predicted octanol–water partition coefficient (Wildman–Crippen LogP) is 6.25. The van der Waals surface area contributed by atoms with E-state index in [-0.39, 0.29) is 25.2 Å². The van der Waals surface area contributed by atoms with Gasteiger partial charge in [-0.15, -0.1) is 0 Å². The molecule has 0 aliphatic rings. The number of hydrogen-bond acceptors (Lipinski definition) is 7. The molecule has 1 unspecified atom stereocenters. The number of hydrogen-bond donors (Lipinski definition) is 1. The number of pyridine rings is 2. The number of rotatable bonds is 11. The third-order valence-corrected chi connectivity index (χ3v) is 7.13. The van der Waals surface area contributed by atoms with Gasteiger partial charge < -0.3 is 9.47 Å². The highest BCUT2D eigenvalue weighted by molar-refractivity contribution is 7.90. The molecule has 41 heavy (non-hydrogen) atoms. The van der Waals surface area contributed by atoms with Gasteiger partial charge in [0.2, 0.25) is 5.88 Å². The third kappa shape index (κ3) is 8.11. The summed E-state index contributed by atoms with van der Waals surface area (Å²) in [6, 6.07) is 21.3. The Morgan fingerprint density at radius 2 is 1.73 bits per heavy atom. The Bertz CT molecular complexity index is 1640. The second kappa shape index (κ2) is 12.9. The SMILES string of the molecule is Cc1cccc(S(=O)(=O)NC(=O)c2ccc(-c3cc(F)cc(OCC(C)C)c3)nc2OC(C)Cc2ccccc2)n1.[HH].[HH]. The molecule has 2 heterocycles. The van der Waals surface area contributed by atoms with Gasteiger partial charge in [0.25, 0.3) is 15.9 Å². The summed E-state index contributed by atoms with van der Waals surface area (Å²) in [4.78, 5) is 21.8. The van der Waals surface area contributed by atoms with Crippen molar-refractivity contribution in [3.63, 3.8) is 0 Å². The molecule has 0 radical (unpaired) electrons. The fourth-order valence-electron chi connectivity index (χ4n) is 4.00. The first kappa shape index (κ1) is 29.7. The third-order valence-electron chi connectivity index (χ3n) is 5.90. The van der Waals surface area contributed by atoms with Gasteiger partial charge in [0, 0.05) is 26.6 Å². The Balaban J connectivity index is 0.00000323. The molecule has 2 aromatic heterocycles. The largest absolute Gasteiger partial charge is 0.493 e. The lowest BCUT2D eigenvalue weighted by Crippen LogP contribution is -2.32. The molecule has 2 aromatic carbocycles. The van der Waals surface area contributed by atoms with Crippen LogP contribution in [0, 0.1) is 18.7 Å². The maximum atomic E-state index is 14.5. The van der Waals surface area contributed by atoms with Crippen LogP contribution in [-0.2, 0) is 16.4 Å². The van der Waals surface area contributed by atoms with E-state index in [1.54, 1.807) is 19.1 Å². The smallest absolute Gasteiger partial charge is 0.281 e. The number of aryl methyl sites for hydroxylation is 1. The minimum Gasteiger partial charge on any atom is -0.493 e. The van der Waals surface area contributed by atoms with Gasteiger partial charge in [0.1, 0.15) is 23.2 Å². The van der Waals surface area contributed by atoms with E-state index in [4.69, 9.17) is 9.47 Å². The quantitative estimate of drug-likeness (QED) is 0.223. The van der Waals surface area contributed by atoms with Crippen LogP contribution in [0.4, 0.5) is 4.39 Å². The Kier molecular flexibility index (Phi) is 9.34. The number of amides is 1. The minimum atomic E-state index is -4.27. The van der Waals surface area contributed by atoms with E-state index in [0.29, 0.717) is 35.7 Å². The van der Waals surface area contributed by atoms with Crippen LogP contribution in [0.3, 0.4) is 0 Å². The minimum absolute atomic E-state index is 0. The number of carbonyl (C=O) groups excluding carboxylic acids is 1. The maximum Gasteiger partial charge on any atom is 0.281 e. The van der Waals surface area contributed by atoms with Gasteiger partial charge >= 0.3 is 0 Å². The highest BCUT2D eigenvalue weighted by Crippen LogP contribution is 2.29. The van der Waals surface area contributed by atoms with Gasteiger partial charge in [-0.25, -0.2) is 19.1 Å². The Hall–Kier alpha value is -4.31. The van der Waals surface area contributed by atoms with Crippen LogP contribution in [-0.4, -0.2) is 37.0 Å². The zero-order valence-corrected chi connectivity index (χ0v) is 24.1. The van der Waals surface area contributed by atoms with Crippen LogP contribution in [0.2, 0.25) is 0 Å². The molecule has 0 aliphatic heterocycles. The molecule has 4 aromatic rings. The lowest BCUT2D eigenvalue weighted by molar-refractivity contribution is 0.0973. The molecule has 10 heteroatoms. The first-order chi connectivity index (χ1) is 19.5. The van der Waals surface area contributed by atoms with Gasteiger partial charge in [-0.1, -0.05) is 50.2 Å². The Morgan fingerprint density at radius 3 is 2.44 bits per heavy atom. The maximum absolute atomic E-state index is 14.5. The summed E-state index contributed by atoms with van der Waals surface area (Å²) in [5.74, 6) is -0.954. The molecule has 0 spiro atoms. The van der Waals surface area contributed by atoms with E-state index >= 15 is 0 Å². The first-order valence-electron chi connectivity index (χ1n) is 13.2. The van der Waals surface area contributed by atoms with Gasteiger partial charge in [-0.3, -0.25) is 4.79 Å². The molecule has 1 amide bonds. The number of aromatic nitrogens is 2. The molecule has 8 nitrogen and oxygen atoms in total. The molecule has 1 atom stereocenters. The highest BCUT2D eigenvalue weighted by atomic mass is 32.2. The molecule has 0 fully saturated rings. The molecular weight excluding hydrogens is 545 g/mol. The van der Waals surface area contributed by atoms with Crippen molar-refractivity contribution in [1.29, 1.82) is 0 Å². The van der Waals surface area contributed by atoms with Crippen LogP contribution < -0.4 is 14.2 Å². The summed E-state index contributed by atoms with van der Waals surface area (Å²) in [6.07, 6.45) is 0.0751. The second-order valence-corrected chi connectivity index (χ2v) is 11.7. The molecule has 218 valence electrons. The van der Waals surface area contributed by atoms with E-state index in [9.17, 15) is 17.6 Å². The summed E-state index contributed by atoms with van der Waals surface area (Å²) in [5, 5.41) is -0.288. The number of benzene rings is 2. The predicted molar refractivity (Wildman–Crippen MR) is 158 cm³/mol. The highest BCUT2D eigenvalue weighted by Gasteiger charge is 2.25. The molecule has 0 saturated carbocycles. The lowest BCUT2D eigenvalue weighted by atomic mass is 10.1. The van der Waals surface area contributed by atoms with Crippen LogP contribution in [0.25, 0.3) is 11.3 Å². The summed E-state index contributed by atoms with van der Waals surface area (Å²) >= 11 is 0. The summed E-state index contributed by atoms with van der Waals surface area (Å²) in [6.45, 7) is 7.85. The van der Waals surface area contributed by atoms with Crippen molar-refractivity contribution in [2.24, 2.45) is 5.92 Å². The van der Waals surface area contributed by atoms with Crippen LogP contribution in [0.15, 0.2) is 83.9 Å². The monoisotopic (exact) mass is 581 g/mol. The van der Waals surface area contributed by atoms with Crippen molar-refractivity contribution >= 4 is 15.9 Å². The fourth-order valence-corrected chi connectivity index (χ4v) is 4.98. The number of carbonyl (C=O) groups is 1. The van der Waals surface area contributed by atoms with E-state index in [2.05, 4.69) is 14.7 Å².